The smallest absolute Gasteiger partial charge is 0.195 e. The molecule has 0 aliphatic heterocycles. The summed E-state index contributed by atoms with van der Waals surface area (Å²) in [5, 5.41) is 1.48. The van der Waals surface area contributed by atoms with Crippen molar-refractivity contribution in [3.8, 4) is 33.9 Å². The van der Waals surface area contributed by atoms with Crippen molar-refractivity contribution < 1.29 is 0 Å². The van der Waals surface area contributed by atoms with Gasteiger partial charge in [0.25, 0.3) is 0 Å². The van der Waals surface area contributed by atoms with Crippen LogP contribution in [0.15, 0.2) is 181 Å². The maximum absolute atomic E-state index is 14.5. The van der Waals surface area contributed by atoms with Crippen molar-refractivity contribution in [3.05, 3.63) is 208 Å². The van der Waals surface area contributed by atoms with Gasteiger partial charge in [-0.2, -0.15) is 0 Å². The van der Waals surface area contributed by atoms with Gasteiger partial charge in [-0.25, -0.2) is 9.97 Å². The van der Waals surface area contributed by atoms with Gasteiger partial charge in [0, 0.05) is 60.3 Å². The minimum atomic E-state index is 0.0540. The molecule has 2 aromatic heterocycles. The van der Waals surface area contributed by atoms with E-state index in [9.17, 15) is 4.79 Å². The largest absolute Gasteiger partial charge is 0.310 e. The van der Waals surface area contributed by atoms with E-state index < -0.39 is 0 Å². The predicted molar refractivity (Wildman–Crippen MR) is 224 cm³/mol. The van der Waals surface area contributed by atoms with Gasteiger partial charge < -0.3 is 4.90 Å². The van der Waals surface area contributed by atoms with Crippen molar-refractivity contribution in [2.45, 2.75) is 12.8 Å². The van der Waals surface area contributed by atoms with Crippen LogP contribution in [0.2, 0.25) is 0 Å². The fraction of sp³-hybridized carbons (Fsp3) is 0.0408. The van der Waals surface area contributed by atoms with E-state index in [1.54, 1.807) is 11.3 Å². The second kappa shape index (κ2) is 13.4. The van der Waals surface area contributed by atoms with E-state index in [-0.39, 0.29) is 5.43 Å². The van der Waals surface area contributed by atoms with E-state index >= 15 is 0 Å². The Morgan fingerprint density at radius 2 is 1.06 bits per heavy atom. The van der Waals surface area contributed by atoms with Crippen LogP contribution < -0.4 is 10.3 Å². The Morgan fingerprint density at radius 3 is 1.74 bits per heavy atom. The quantitative estimate of drug-likeness (QED) is 0.161. The fourth-order valence-electron chi connectivity index (χ4n) is 7.72. The SMILES string of the molecule is O=c1c2cc(-c3cc(-c4ccccc4)nc(-c4ccccc4)n3)ccc2sc2cc3c(cc12)Cc1c(cccc1N(c1ccccc1)c1ccccc1)C3. The summed E-state index contributed by atoms with van der Waals surface area (Å²) in [6, 6.07) is 60.6. The van der Waals surface area contributed by atoms with Gasteiger partial charge in [-0.05, 0) is 89.3 Å². The average molecular weight is 712 g/mol. The molecule has 7 aromatic carbocycles. The Morgan fingerprint density at radius 1 is 0.463 bits per heavy atom. The first-order valence-electron chi connectivity index (χ1n) is 18.2. The highest BCUT2D eigenvalue weighted by Gasteiger charge is 2.24. The molecule has 0 amide bonds. The summed E-state index contributed by atoms with van der Waals surface area (Å²) < 4.78 is 1.99. The highest BCUT2D eigenvalue weighted by molar-refractivity contribution is 7.24. The average Bonchev–Trinajstić information content (AvgIpc) is 3.24. The molecule has 9 aromatic rings. The van der Waals surface area contributed by atoms with Crippen LogP contribution in [0, 0.1) is 0 Å². The zero-order chi connectivity index (χ0) is 36.0. The van der Waals surface area contributed by atoms with Crippen molar-refractivity contribution in [2.75, 3.05) is 4.90 Å². The highest BCUT2D eigenvalue weighted by atomic mass is 32.1. The number of hydrogen-bond acceptors (Lipinski definition) is 5. The number of fused-ring (bicyclic) bond motifs is 4. The van der Waals surface area contributed by atoms with Crippen molar-refractivity contribution in [3.63, 3.8) is 0 Å². The third-order valence-electron chi connectivity index (χ3n) is 10.4. The van der Waals surface area contributed by atoms with Gasteiger partial charge in [0.1, 0.15) is 0 Å². The molecule has 0 N–H and O–H groups in total. The molecule has 0 saturated carbocycles. The normalized spacial score (nSPS) is 12.0. The minimum Gasteiger partial charge on any atom is -0.310 e. The van der Waals surface area contributed by atoms with Crippen LogP contribution in [0.1, 0.15) is 22.3 Å². The maximum atomic E-state index is 14.5. The number of aromatic nitrogens is 2. The molecular formula is C49H33N3OS. The van der Waals surface area contributed by atoms with Crippen LogP contribution in [0.5, 0.6) is 0 Å². The minimum absolute atomic E-state index is 0.0540. The molecule has 10 rings (SSSR count). The number of para-hydroxylation sites is 2. The van der Waals surface area contributed by atoms with Gasteiger partial charge in [0.05, 0.1) is 11.4 Å². The van der Waals surface area contributed by atoms with Crippen molar-refractivity contribution in [2.24, 2.45) is 0 Å². The molecule has 0 radical (unpaired) electrons. The molecule has 4 nitrogen and oxygen atoms in total. The van der Waals surface area contributed by atoms with Crippen LogP contribution >= 0.6 is 11.3 Å². The molecule has 256 valence electrons. The van der Waals surface area contributed by atoms with Gasteiger partial charge in [-0.3, -0.25) is 4.79 Å². The zero-order valence-corrected chi connectivity index (χ0v) is 30.1. The molecule has 1 aliphatic carbocycles. The molecule has 0 atom stereocenters. The summed E-state index contributed by atoms with van der Waals surface area (Å²) in [6.07, 6.45) is 1.57. The first kappa shape index (κ1) is 32.0. The second-order valence-corrected chi connectivity index (χ2v) is 14.8. The van der Waals surface area contributed by atoms with Gasteiger partial charge >= 0.3 is 0 Å². The monoisotopic (exact) mass is 711 g/mol. The fourth-order valence-corrected chi connectivity index (χ4v) is 8.82. The molecule has 0 saturated heterocycles. The zero-order valence-electron chi connectivity index (χ0n) is 29.3. The Kier molecular flexibility index (Phi) is 7.93. The van der Waals surface area contributed by atoms with E-state index in [0.29, 0.717) is 11.2 Å². The molecule has 0 unspecified atom stereocenters. The Hall–Kier alpha value is -6.69. The van der Waals surface area contributed by atoms with Crippen LogP contribution in [0.4, 0.5) is 17.1 Å². The van der Waals surface area contributed by atoms with E-state index in [4.69, 9.17) is 9.97 Å². The Labute approximate surface area is 317 Å². The summed E-state index contributed by atoms with van der Waals surface area (Å²) in [5.41, 5.74) is 13.0. The molecule has 0 spiro atoms. The first-order chi connectivity index (χ1) is 26.7. The van der Waals surface area contributed by atoms with Gasteiger partial charge in [-0.1, -0.05) is 115 Å². The van der Waals surface area contributed by atoms with Gasteiger partial charge in [0.2, 0.25) is 0 Å². The molecule has 2 heterocycles. The number of rotatable bonds is 6. The summed E-state index contributed by atoms with van der Waals surface area (Å²) in [7, 11) is 0. The highest BCUT2D eigenvalue weighted by Crippen LogP contribution is 2.42. The lowest BCUT2D eigenvalue weighted by Crippen LogP contribution is -2.16. The molecule has 54 heavy (non-hydrogen) atoms. The van der Waals surface area contributed by atoms with Crippen LogP contribution in [0.25, 0.3) is 54.1 Å². The Bertz CT molecular complexity index is 2790. The topological polar surface area (TPSA) is 46.1 Å². The number of anilines is 3. The predicted octanol–water partition coefficient (Wildman–Crippen LogP) is 12.2. The van der Waals surface area contributed by atoms with E-state index in [1.807, 2.05) is 60.7 Å². The summed E-state index contributed by atoms with van der Waals surface area (Å²) in [4.78, 5) is 26.8. The summed E-state index contributed by atoms with van der Waals surface area (Å²) in [5.74, 6) is 0.653. The number of hydrogen-bond donors (Lipinski definition) is 0. The lowest BCUT2D eigenvalue weighted by Gasteiger charge is -2.31. The van der Waals surface area contributed by atoms with Gasteiger partial charge in [-0.15, -0.1) is 11.3 Å². The van der Waals surface area contributed by atoms with Crippen molar-refractivity contribution in [1.82, 2.24) is 9.97 Å². The lowest BCUT2D eigenvalue weighted by molar-refractivity contribution is 0.999. The Balaban J connectivity index is 1.08. The summed E-state index contributed by atoms with van der Waals surface area (Å²) in [6.45, 7) is 0. The maximum Gasteiger partial charge on any atom is 0.195 e. The number of benzene rings is 7. The third-order valence-corrected chi connectivity index (χ3v) is 11.5. The van der Waals surface area contributed by atoms with Crippen LogP contribution in [0.3, 0.4) is 0 Å². The standard InChI is InChI=1S/C49H33N3OS/c53-48-41-27-35(44-31-43(32-14-5-1-6-15-32)50-49(51-44)33-16-7-2-8-17-33)24-25-46(41)54-47-30-36-26-34-18-13-23-45(40(34)28-37(36)29-42(47)48)52(38-19-9-3-10-20-38)39-21-11-4-12-22-39/h1-25,27,29-31H,26,28H2. The second-order valence-electron chi connectivity index (χ2n) is 13.7. The first-order valence-corrected chi connectivity index (χ1v) is 19.0. The molecule has 5 heteroatoms. The summed E-state index contributed by atoms with van der Waals surface area (Å²) >= 11 is 1.69. The third kappa shape index (κ3) is 5.76. The molecule has 1 aliphatic rings. The van der Waals surface area contributed by atoms with Crippen molar-refractivity contribution in [1.29, 1.82) is 0 Å². The van der Waals surface area contributed by atoms with Gasteiger partial charge in [0.15, 0.2) is 11.3 Å². The van der Waals surface area contributed by atoms with E-state index in [1.165, 1.54) is 27.9 Å². The van der Waals surface area contributed by atoms with Crippen molar-refractivity contribution >= 4 is 48.6 Å². The molecular weight excluding hydrogens is 679 g/mol. The number of nitrogens with zero attached hydrogens (tertiary/aromatic N) is 3. The van der Waals surface area contributed by atoms with E-state index in [0.717, 1.165) is 67.1 Å². The van der Waals surface area contributed by atoms with E-state index in [2.05, 4.69) is 120 Å². The molecule has 0 bridgehead atoms. The lowest BCUT2D eigenvalue weighted by atomic mass is 9.84. The molecule has 0 fully saturated rings. The van der Waals surface area contributed by atoms with Crippen LogP contribution in [-0.4, -0.2) is 9.97 Å². The van der Waals surface area contributed by atoms with Crippen LogP contribution in [-0.2, 0) is 12.8 Å².